The molecule has 0 saturated heterocycles. The summed E-state index contributed by atoms with van der Waals surface area (Å²) < 4.78 is 5.90. The molecule has 0 radical (unpaired) electrons. The fourth-order valence-electron chi connectivity index (χ4n) is 2.83. The molecule has 1 amide bonds. The summed E-state index contributed by atoms with van der Waals surface area (Å²) in [7, 11) is 0. The van der Waals surface area contributed by atoms with Crippen molar-refractivity contribution in [2.75, 3.05) is 5.32 Å². The Hall–Kier alpha value is -3.92. The molecule has 0 aliphatic rings. The normalized spacial score (nSPS) is 10.9. The second-order valence-electron chi connectivity index (χ2n) is 6.16. The molecule has 0 aliphatic heterocycles. The highest BCUT2D eigenvalue weighted by Gasteiger charge is 2.17. The van der Waals surface area contributed by atoms with Crippen molar-refractivity contribution >= 4 is 18.0 Å². The molecule has 0 spiro atoms. The van der Waals surface area contributed by atoms with Crippen LogP contribution < -0.4 is 5.32 Å². The van der Waals surface area contributed by atoms with E-state index in [1.807, 2.05) is 91.0 Å². The van der Waals surface area contributed by atoms with Crippen molar-refractivity contribution in [1.29, 1.82) is 0 Å². The van der Waals surface area contributed by atoms with Gasteiger partial charge in [-0.25, -0.2) is 0 Å². The van der Waals surface area contributed by atoms with Crippen LogP contribution in [0.15, 0.2) is 101 Å². The Morgan fingerprint density at radius 3 is 2.00 bits per heavy atom. The summed E-state index contributed by atoms with van der Waals surface area (Å²) >= 11 is 0. The number of amides is 1. The topological polar surface area (TPSA) is 55.1 Å². The minimum atomic E-state index is -0.302. The standard InChI is InChI=1S/C24H18N2O2/c27-21(17-16-18-10-4-1-5-11-18)25-24-26-22(19-12-6-2-7-13-19)23(28-24)20-14-8-3-9-15-20/h1-17H,(H,25,26,27)/b17-16+. The quantitative estimate of drug-likeness (QED) is 0.464. The van der Waals surface area contributed by atoms with Gasteiger partial charge < -0.3 is 4.42 Å². The second kappa shape index (κ2) is 8.18. The first-order valence-corrected chi connectivity index (χ1v) is 8.95. The predicted octanol–water partition coefficient (Wildman–Crippen LogP) is 5.66. The Morgan fingerprint density at radius 2 is 1.36 bits per heavy atom. The average molecular weight is 366 g/mol. The Balaban J connectivity index is 1.62. The van der Waals surface area contributed by atoms with Gasteiger partial charge in [0.25, 0.3) is 5.91 Å². The predicted molar refractivity (Wildman–Crippen MR) is 111 cm³/mol. The first-order valence-electron chi connectivity index (χ1n) is 8.95. The molecule has 0 saturated carbocycles. The van der Waals surface area contributed by atoms with Gasteiger partial charge in [0.15, 0.2) is 5.76 Å². The van der Waals surface area contributed by atoms with Gasteiger partial charge in [-0.15, -0.1) is 0 Å². The number of rotatable bonds is 5. The van der Waals surface area contributed by atoms with Crippen LogP contribution >= 0.6 is 0 Å². The maximum atomic E-state index is 12.3. The maximum absolute atomic E-state index is 12.3. The lowest BCUT2D eigenvalue weighted by Crippen LogP contribution is -2.07. The van der Waals surface area contributed by atoms with Crippen LogP contribution in [-0.2, 0) is 4.79 Å². The van der Waals surface area contributed by atoms with Crippen LogP contribution in [0.3, 0.4) is 0 Å². The molecule has 1 N–H and O–H groups in total. The molecular weight excluding hydrogens is 348 g/mol. The highest BCUT2D eigenvalue weighted by molar-refractivity contribution is 6.01. The van der Waals surface area contributed by atoms with E-state index < -0.39 is 0 Å². The first kappa shape index (κ1) is 17.5. The van der Waals surface area contributed by atoms with Crippen LogP contribution in [0, 0.1) is 0 Å². The molecule has 4 rings (SSSR count). The first-order chi connectivity index (χ1) is 13.8. The molecule has 4 nitrogen and oxygen atoms in total. The summed E-state index contributed by atoms with van der Waals surface area (Å²) in [6.45, 7) is 0. The number of hydrogen-bond donors (Lipinski definition) is 1. The lowest BCUT2D eigenvalue weighted by atomic mass is 10.1. The monoisotopic (exact) mass is 366 g/mol. The largest absolute Gasteiger partial charge is 0.423 e. The number of carbonyl (C=O) groups excluding carboxylic acids is 1. The average Bonchev–Trinajstić information content (AvgIpc) is 3.18. The summed E-state index contributed by atoms with van der Waals surface area (Å²) in [6, 6.07) is 29.3. The fourth-order valence-corrected chi connectivity index (χ4v) is 2.83. The molecule has 4 heteroatoms. The molecule has 1 heterocycles. The van der Waals surface area contributed by atoms with E-state index in [0.717, 1.165) is 16.7 Å². The summed E-state index contributed by atoms with van der Waals surface area (Å²) in [5.41, 5.74) is 3.45. The van der Waals surface area contributed by atoms with Gasteiger partial charge in [-0.3, -0.25) is 10.1 Å². The van der Waals surface area contributed by atoms with Crippen LogP contribution in [-0.4, -0.2) is 10.9 Å². The molecule has 0 bridgehead atoms. The van der Waals surface area contributed by atoms with E-state index in [1.54, 1.807) is 6.08 Å². The van der Waals surface area contributed by atoms with Gasteiger partial charge in [0.1, 0.15) is 5.69 Å². The van der Waals surface area contributed by atoms with E-state index in [0.29, 0.717) is 11.5 Å². The number of nitrogens with one attached hydrogen (secondary N) is 1. The SMILES string of the molecule is O=C(/C=C/c1ccccc1)Nc1nc(-c2ccccc2)c(-c2ccccc2)o1. The van der Waals surface area contributed by atoms with Crippen LogP contribution in [0.5, 0.6) is 0 Å². The molecule has 3 aromatic carbocycles. The van der Waals surface area contributed by atoms with Gasteiger partial charge in [-0.2, -0.15) is 4.98 Å². The van der Waals surface area contributed by atoms with Crippen molar-refractivity contribution in [3.05, 3.63) is 103 Å². The number of oxazole rings is 1. The van der Waals surface area contributed by atoms with Gasteiger partial charge in [0.2, 0.25) is 0 Å². The van der Waals surface area contributed by atoms with Crippen LogP contribution in [0.4, 0.5) is 6.01 Å². The minimum Gasteiger partial charge on any atom is -0.423 e. The van der Waals surface area contributed by atoms with Crippen molar-refractivity contribution in [2.45, 2.75) is 0 Å². The highest BCUT2D eigenvalue weighted by Crippen LogP contribution is 2.34. The van der Waals surface area contributed by atoms with Gasteiger partial charge in [0, 0.05) is 17.2 Å². The Bertz CT molecular complexity index is 1030. The molecule has 28 heavy (non-hydrogen) atoms. The van der Waals surface area contributed by atoms with Crippen LogP contribution in [0.2, 0.25) is 0 Å². The number of nitrogens with zero attached hydrogens (tertiary/aromatic N) is 1. The van der Waals surface area contributed by atoms with E-state index in [4.69, 9.17) is 4.42 Å². The third-order valence-electron chi connectivity index (χ3n) is 4.17. The lowest BCUT2D eigenvalue weighted by Gasteiger charge is -2.00. The third-order valence-corrected chi connectivity index (χ3v) is 4.17. The Labute approximate surface area is 163 Å². The number of aromatic nitrogens is 1. The van der Waals surface area contributed by atoms with E-state index in [2.05, 4.69) is 10.3 Å². The van der Waals surface area contributed by atoms with Crippen LogP contribution in [0.25, 0.3) is 28.7 Å². The van der Waals surface area contributed by atoms with Gasteiger partial charge in [-0.1, -0.05) is 91.0 Å². The van der Waals surface area contributed by atoms with Crippen molar-refractivity contribution in [2.24, 2.45) is 0 Å². The van der Waals surface area contributed by atoms with Crippen molar-refractivity contribution in [3.8, 4) is 22.6 Å². The van der Waals surface area contributed by atoms with E-state index >= 15 is 0 Å². The molecule has 1 aromatic heterocycles. The molecule has 0 atom stereocenters. The molecule has 136 valence electrons. The summed E-state index contributed by atoms with van der Waals surface area (Å²) in [6.07, 6.45) is 3.21. The zero-order valence-corrected chi connectivity index (χ0v) is 15.1. The number of anilines is 1. The molecule has 4 aromatic rings. The molecule has 0 aliphatic carbocycles. The summed E-state index contributed by atoms with van der Waals surface area (Å²) in [4.78, 5) is 16.8. The zero-order valence-electron chi connectivity index (χ0n) is 15.1. The van der Waals surface area contributed by atoms with Gasteiger partial charge >= 0.3 is 6.01 Å². The fraction of sp³-hybridized carbons (Fsp3) is 0. The van der Waals surface area contributed by atoms with Crippen molar-refractivity contribution in [3.63, 3.8) is 0 Å². The molecule has 0 unspecified atom stereocenters. The summed E-state index contributed by atoms with van der Waals surface area (Å²) in [5.74, 6) is 0.318. The summed E-state index contributed by atoms with van der Waals surface area (Å²) in [5, 5.41) is 2.71. The van der Waals surface area contributed by atoms with Crippen LogP contribution in [0.1, 0.15) is 5.56 Å². The number of carbonyl (C=O) groups is 1. The third kappa shape index (κ3) is 4.07. The van der Waals surface area contributed by atoms with Gasteiger partial charge in [0.05, 0.1) is 0 Å². The Morgan fingerprint density at radius 1 is 0.786 bits per heavy atom. The number of hydrogen-bond acceptors (Lipinski definition) is 3. The molecule has 0 fully saturated rings. The highest BCUT2D eigenvalue weighted by atomic mass is 16.4. The Kier molecular flexibility index (Phi) is 5.11. The van der Waals surface area contributed by atoms with Crippen molar-refractivity contribution in [1.82, 2.24) is 4.98 Å². The smallest absolute Gasteiger partial charge is 0.302 e. The van der Waals surface area contributed by atoms with E-state index in [1.165, 1.54) is 6.08 Å². The minimum absolute atomic E-state index is 0.167. The second-order valence-corrected chi connectivity index (χ2v) is 6.16. The zero-order chi connectivity index (χ0) is 19.2. The molecular formula is C24H18N2O2. The lowest BCUT2D eigenvalue weighted by molar-refractivity contribution is -0.112. The van der Waals surface area contributed by atoms with Gasteiger partial charge in [-0.05, 0) is 11.6 Å². The van der Waals surface area contributed by atoms with E-state index in [9.17, 15) is 4.79 Å². The number of benzene rings is 3. The van der Waals surface area contributed by atoms with Crippen molar-refractivity contribution < 1.29 is 9.21 Å². The van der Waals surface area contributed by atoms with E-state index in [-0.39, 0.29) is 11.9 Å². The maximum Gasteiger partial charge on any atom is 0.302 e.